The van der Waals surface area contributed by atoms with Gasteiger partial charge in [-0.3, -0.25) is 0 Å². The van der Waals surface area contributed by atoms with Crippen molar-refractivity contribution >= 4 is 35.0 Å². The molecule has 0 saturated heterocycles. The van der Waals surface area contributed by atoms with Crippen LogP contribution in [0.5, 0.6) is 11.6 Å². The lowest BCUT2D eigenvalue weighted by molar-refractivity contribution is 0.262. The molecule has 4 aromatic rings. The fraction of sp³-hybridized carbons (Fsp3) is 0.0435. The van der Waals surface area contributed by atoms with E-state index in [0.717, 1.165) is 5.56 Å². The van der Waals surface area contributed by atoms with Crippen LogP contribution in [0.2, 0.25) is 5.02 Å². The van der Waals surface area contributed by atoms with Gasteiger partial charge in [0, 0.05) is 35.8 Å². The van der Waals surface area contributed by atoms with E-state index in [2.05, 4.69) is 30.9 Å². The number of urea groups is 1. The van der Waals surface area contributed by atoms with Gasteiger partial charge in [-0.15, -0.1) is 0 Å². The monoisotopic (exact) mass is 446 g/mol. The number of hydrogen-bond donors (Lipinski definition) is 3. The van der Waals surface area contributed by atoms with Gasteiger partial charge in [-0.2, -0.15) is 0 Å². The molecule has 2 aromatic carbocycles. The number of rotatable bonds is 6. The predicted molar refractivity (Wildman–Crippen MR) is 125 cm³/mol. The number of anilines is 3. The summed E-state index contributed by atoms with van der Waals surface area (Å²) in [5, 5.41) is 8.95. The second-order valence-corrected chi connectivity index (χ2v) is 7.02. The molecule has 4 rings (SSSR count). The third-order valence-corrected chi connectivity index (χ3v) is 4.57. The number of hydrogen-bond acceptors (Lipinski definition) is 6. The van der Waals surface area contributed by atoms with Crippen molar-refractivity contribution in [1.29, 1.82) is 0 Å². The number of nitrogens with zero attached hydrogens (tertiary/aromatic N) is 3. The normalized spacial score (nSPS) is 10.3. The first-order valence-corrected chi connectivity index (χ1v) is 10.1. The fourth-order valence-corrected chi connectivity index (χ4v) is 3.06. The number of aromatic nitrogens is 3. The van der Waals surface area contributed by atoms with Crippen molar-refractivity contribution < 1.29 is 9.53 Å². The molecular formula is C23H19ClN6O2. The molecule has 0 fully saturated rings. The van der Waals surface area contributed by atoms with E-state index in [1.165, 1.54) is 0 Å². The van der Waals surface area contributed by atoms with Crippen LogP contribution in [0.25, 0.3) is 11.3 Å². The van der Waals surface area contributed by atoms with E-state index in [1.807, 2.05) is 12.1 Å². The van der Waals surface area contributed by atoms with E-state index >= 15 is 0 Å². The van der Waals surface area contributed by atoms with Crippen LogP contribution in [0.1, 0.15) is 0 Å². The highest BCUT2D eigenvalue weighted by molar-refractivity contribution is 6.30. The Hall–Kier alpha value is -4.17. The molecule has 3 N–H and O–H groups in total. The number of amides is 2. The van der Waals surface area contributed by atoms with Crippen LogP contribution >= 0.6 is 11.6 Å². The number of carbonyl (C=O) groups is 1. The van der Waals surface area contributed by atoms with Crippen LogP contribution in [-0.2, 0) is 0 Å². The van der Waals surface area contributed by atoms with Gasteiger partial charge < -0.3 is 20.7 Å². The average Bonchev–Trinajstić information content (AvgIpc) is 2.81. The van der Waals surface area contributed by atoms with Gasteiger partial charge >= 0.3 is 6.03 Å². The van der Waals surface area contributed by atoms with E-state index in [4.69, 9.17) is 16.3 Å². The second-order valence-electron chi connectivity index (χ2n) is 6.59. The van der Waals surface area contributed by atoms with Crippen molar-refractivity contribution in [3.05, 3.63) is 84.1 Å². The van der Waals surface area contributed by atoms with E-state index in [0.29, 0.717) is 39.7 Å². The van der Waals surface area contributed by atoms with Crippen LogP contribution < -0.4 is 20.7 Å². The molecule has 0 spiro atoms. The quantitative estimate of drug-likeness (QED) is 0.352. The molecule has 2 amide bonds. The van der Waals surface area contributed by atoms with E-state index in [1.54, 1.807) is 74.0 Å². The molecule has 0 aliphatic carbocycles. The minimum Gasteiger partial charge on any atom is -0.438 e. The molecule has 2 heterocycles. The zero-order chi connectivity index (χ0) is 22.3. The Labute approximate surface area is 189 Å². The summed E-state index contributed by atoms with van der Waals surface area (Å²) >= 11 is 5.94. The molecule has 8 nitrogen and oxygen atoms in total. The van der Waals surface area contributed by atoms with Crippen LogP contribution in [0.3, 0.4) is 0 Å². The van der Waals surface area contributed by atoms with Crippen molar-refractivity contribution in [3.8, 4) is 22.9 Å². The van der Waals surface area contributed by atoms with Gasteiger partial charge in [0.1, 0.15) is 5.75 Å². The number of benzene rings is 2. The van der Waals surface area contributed by atoms with Crippen LogP contribution in [0.4, 0.5) is 22.1 Å². The van der Waals surface area contributed by atoms with Crippen molar-refractivity contribution in [2.75, 3.05) is 23.0 Å². The standard InChI is InChI=1S/C23H19ClN6O2/c1-25-22-27-13-11-20(30-22)19-6-3-12-26-21(19)32-18-9-7-16(8-10-18)28-23(31)29-17-5-2-4-15(24)14-17/h2-14H,1H3,(H,25,27,30)(H2,28,29,31). The molecular weight excluding hydrogens is 428 g/mol. The summed E-state index contributed by atoms with van der Waals surface area (Å²) in [6.07, 6.45) is 3.31. The predicted octanol–water partition coefficient (Wildman–Crippen LogP) is 5.67. The van der Waals surface area contributed by atoms with Gasteiger partial charge in [-0.25, -0.2) is 19.7 Å². The average molecular weight is 447 g/mol. The molecule has 0 unspecified atom stereocenters. The summed E-state index contributed by atoms with van der Waals surface area (Å²) in [7, 11) is 1.75. The van der Waals surface area contributed by atoms with Crippen LogP contribution in [0, 0.1) is 0 Å². The zero-order valence-corrected chi connectivity index (χ0v) is 17.8. The second kappa shape index (κ2) is 9.76. The highest BCUT2D eigenvalue weighted by Gasteiger charge is 2.11. The Morgan fingerprint density at radius 2 is 1.72 bits per heavy atom. The van der Waals surface area contributed by atoms with Gasteiger partial charge in [0.15, 0.2) is 0 Å². The van der Waals surface area contributed by atoms with Crippen molar-refractivity contribution in [2.24, 2.45) is 0 Å². The van der Waals surface area contributed by atoms with Crippen molar-refractivity contribution in [1.82, 2.24) is 15.0 Å². The third-order valence-electron chi connectivity index (χ3n) is 4.34. The van der Waals surface area contributed by atoms with Gasteiger partial charge in [0.05, 0.1) is 11.3 Å². The van der Waals surface area contributed by atoms with E-state index in [9.17, 15) is 4.79 Å². The van der Waals surface area contributed by atoms with Crippen LogP contribution in [-0.4, -0.2) is 28.0 Å². The Morgan fingerprint density at radius 3 is 2.50 bits per heavy atom. The molecule has 9 heteroatoms. The summed E-state index contributed by atoms with van der Waals surface area (Å²) in [6, 6.07) is 19.0. The third kappa shape index (κ3) is 5.30. The van der Waals surface area contributed by atoms with Gasteiger partial charge in [0.2, 0.25) is 11.8 Å². The Balaban J connectivity index is 1.45. The Morgan fingerprint density at radius 1 is 0.906 bits per heavy atom. The smallest absolute Gasteiger partial charge is 0.323 e. The number of pyridine rings is 1. The summed E-state index contributed by atoms with van der Waals surface area (Å²) in [4.78, 5) is 25.1. The molecule has 0 aliphatic heterocycles. The van der Waals surface area contributed by atoms with Gasteiger partial charge in [-0.1, -0.05) is 17.7 Å². The zero-order valence-electron chi connectivity index (χ0n) is 17.0. The van der Waals surface area contributed by atoms with Crippen molar-refractivity contribution in [2.45, 2.75) is 0 Å². The lowest BCUT2D eigenvalue weighted by Gasteiger charge is -2.11. The first-order valence-electron chi connectivity index (χ1n) is 9.68. The number of carbonyl (C=O) groups excluding carboxylic acids is 1. The lowest BCUT2D eigenvalue weighted by atomic mass is 10.2. The SMILES string of the molecule is CNc1nccc(-c2cccnc2Oc2ccc(NC(=O)Nc3cccc(Cl)c3)cc2)n1. The highest BCUT2D eigenvalue weighted by Crippen LogP contribution is 2.31. The number of ether oxygens (including phenoxy) is 1. The molecule has 160 valence electrons. The van der Waals surface area contributed by atoms with Crippen LogP contribution in [0.15, 0.2) is 79.1 Å². The molecule has 0 bridgehead atoms. The topological polar surface area (TPSA) is 101 Å². The first-order chi connectivity index (χ1) is 15.6. The first kappa shape index (κ1) is 21.1. The minimum atomic E-state index is -0.378. The summed E-state index contributed by atoms with van der Waals surface area (Å²) in [5.74, 6) is 1.48. The fourth-order valence-electron chi connectivity index (χ4n) is 2.87. The highest BCUT2D eigenvalue weighted by atomic mass is 35.5. The number of halogens is 1. The largest absolute Gasteiger partial charge is 0.438 e. The summed E-state index contributed by atoms with van der Waals surface area (Å²) < 4.78 is 5.97. The Kier molecular flexibility index (Phi) is 6.43. The van der Waals surface area contributed by atoms with E-state index in [-0.39, 0.29) is 6.03 Å². The Bertz CT molecular complexity index is 1230. The summed E-state index contributed by atoms with van der Waals surface area (Å²) in [5.41, 5.74) is 2.62. The maximum Gasteiger partial charge on any atom is 0.323 e. The molecule has 2 aromatic heterocycles. The van der Waals surface area contributed by atoms with Gasteiger partial charge in [-0.05, 0) is 60.7 Å². The molecule has 0 saturated carbocycles. The van der Waals surface area contributed by atoms with Crippen molar-refractivity contribution in [3.63, 3.8) is 0 Å². The molecule has 0 atom stereocenters. The van der Waals surface area contributed by atoms with Gasteiger partial charge in [0.25, 0.3) is 0 Å². The minimum absolute atomic E-state index is 0.378. The van der Waals surface area contributed by atoms with E-state index < -0.39 is 0 Å². The molecule has 0 radical (unpaired) electrons. The number of nitrogens with one attached hydrogen (secondary N) is 3. The maximum absolute atomic E-state index is 12.2. The molecule has 32 heavy (non-hydrogen) atoms. The summed E-state index contributed by atoms with van der Waals surface area (Å²) in [6.45, 7) is 0. The maximum atomic E-state index is 12.2. The molecule has 0 aliphatic rings. The lowest BCUT2D eigenvalue weighted by Crippen LogP contribution is -2.19.